The molecule has 3 aromatic rings. The van der Waals surface area contributed by atoms with Crippen molar-refractivity contribution in [1.82, 2.24) is 15.1 Å². The number of nitrogens with zero attached hydrogens (tertiary/aromatic N) is 2. The molecule has 1 amide bonds. The molecule has 5 nitrogen and oxygen atoms in total. The molecule has 0 atom stereocenters. The van der Waals surface area contributed by atoms with Gasteiger partial charge in [-0.3, -0.25) is 9.59 Å². The van der Waals surface area contributed by atoms with Gasteiger partial charge in [-0.15, -0.1) is 11.3 Å². The second-order valence-electron chi connectivity index (χ2n) is 5.59. The number of rotatable bonds is 8. The molecule has 2 aromatic heterocycles. The van der Waals surface area contributed by atoms with Crippen LogP contribution in [-0.4, -0.2) is 28.0 Å². The number of hydrogen-bond donors (Lipinski definition) is 1. The summed E-state index contributed by atoms with van der Waals surface area (Å²) in [5, 5.41) is 9.20. The van der Waals surface area contributed by atoms with E-state index in [2.05, 4.69) is 10.4 Å². The lowest BCUT2D eigenvalue weighted by Gasteiger charge is -2.04. The predicted octanol–water partition coefficient (Wildman–Crippen LogP) is 3.26. The first-order chi connectivity index (χ1) is 12.2. The average molecular weight is 353 g/mol. The Hall–Kier alpha value is -2.73. The molecule has 1 N–H and O–H groups in total. The number of carbonyl (C=O) groups excluding carboxylic acids is 2. The summed E-state index contributed by atoms with van der Waals surface area (Å²) in [6.07, 6.45) is 3.03. The van der Waals surface area contributed by atoms with Gasteiger partial charge in [-0.25, -0.2) is 4.68 Å². The first-order valence-electron chi connectivity index (χ1n) is 8.16. The molecule has 0 spiro atoms. The highest BCUT2D eigenvalue weighted by molar-refractivity contribution is 7.12. The second-order valence-corrected chi connectivity index (χ2v) is 6.54. The third kappa shape index (κ3) is 4.87. The number of carbonyl (C=O) groups is 2. The molecular weight excluding hydrogens is 334 g/mol. The fourth-order valence-electron chi connectivity index (χ4n) is 2.43. The molecule has 2 heterocycles. The molecule has 0 radical (unpaired) electrons. The van der Waals surface area contributed by atoms with Crippen molar-refractivity contribution in [2.45, 2.75) is 19.3 Å². The Labute approximate surface area is 150 Å². The number of Topliss-reactive ketones (excluding diaryl/α,β-unsaturated/α-hetero) is 1. The quantitative estimate of drug-likeness (QED) is 0.632. The summed E-state index contributed by atoms with van der Waals surface area (Å²) in [5.74, 6) is -0.0841. The zero-order valence-corrected chi connectivity index (χ0v) is 14.5. The zero-order chi connectivity index (χ0) is 17.5. The molecule has 0 fully saturated rings. The summed E-state index contributed by atoms with van der Waals surface area (Å²) in [5.41, 5.74) is 1.92. The van der Waals surface area contributed by atoms with E-state index in [1.165, 1.54) is 11.3 Å². The van der Waals surface area contributed by atoms with E-state index in [9.17, 15) is 9.59 Å². The number of para-hydroxylation sites is 1. The van der Waals surface area contributed by atoms with Crippen molar-refractivity contribution < 1.29 is 9.59 Å². The van der Waals surface area contributed by atoms with Gasteiger partial charge >= 0.3 is 0 Å². The zero-order valence-electron chi connectivity index (χ0n) is 13.7. The number of ketones is 1. The number of hydrogen-bond acceptors (Lipinski definition) is 4. The summed E-state index contributed by atoms with van der Waals surface area (Å²) in [4.78, 5) is 24.4. The molecule has 0 saturated heterocycles. The Kier molecular flexibility index (Phi) is 5.74. The molecule has 1 aromatic carbocycles. The van der Waals surface area contributed by atoms with Gasteiger partial charge in [0, 0.05) is 32.0 Å². The van der Waals surface area contributed by atoms with E-state index in [1.54, 1.807) is 6.07 Å². The maximum atomic E-state index is 11.9. The van der Waals surface area contributed by atoms with Crippen LogP contribution in [-0.2, 0) is 11.2 Å². The van der Waals surface area contributed by atoms with Crippen molar-refractivity contribution in [2.75, 3.05) is 6.54 Å². The monoisotopic (exact) mass is 353 g/mol. The van der Waals surface area contributed by atoms with Gasteiger partial charge in [-0.2, -0.15) is 5.10 Å². The molecule has 0 aliphatic carbocycles. The van der Waals surface area contributed by atoms with Gasteiger partial charge in [0.05, 0.1) is 16.3 Å². The third-order valence-corrected chi connectivity index (χ3v) is 4.65. The minimum Gasteiger partial charge on any atom is -0.356 e. The fourth-order valence-corrected chi connectivity index (χ4v) is 3.12. The van der Waals surface area contributed by atoms with Crippen LogP contribution in [0.15, 0.2) is 60.1 Å². The van der Waals surface area contributed by atoms with Crippen LogP contribution in [0.5, 0.6) is 0 Å². The van der Waals surface area contributed by atoms with E-state index < -0.39 is 0 Å². The minimum atomic E-state index is -0.104. The van der Waals surface area contributed by atoms with Crippen LogP contribution in [0.25, 0.3) is 5.69 Å². The largest absolute Gasteiger partial charge is 0.356 e. The van der Waals surface area contributed by atoms with E-state index >= 15 is 0 Å². The molecule has 128 valence electrons. The van der Waals surface area contributed by atoms with Crippen LogP contribution in [0.4, 0.5) is 0 Å². The smallest absolute Gasteiger partial charge is 0.220 e. The highest BCUT2D eigenvalue weighted by Gasteiger charge is 2.10. The van der Waals surface area contributed by atoms with Crippen LogP contribution in [0.1, 0.15) is 28.2 Å². The van der Waals surface area contributed by atoms with E-state index in [0.29, 0.717) is 17.8 Å². The lowest BCUT2D eigenvalue weighted by Crippen LogP contribution is -2.26. The lowest BCUT2D eigenvalue weighted by molar-refractivity contribution is -0.121. The van der Waals surface area contributed by atoms with Gasteiger partial charge in [0.1, 0.15) is 0 Å². The number of benzene rings is 1. The number of nitrogens with one attached hydrogen (secondary N) is 1. The Morgan fingerprint density at radius 3 is 2.64 bits per heavy atom. The molecule has 0 aliphatic rings. The Morgan fingerprint density at radius 2 is 1.88 bits per heavy atom. The van der Waals surface area contributed by atoms with Crippen LogP contribution < -0.4 is 5.32 Å². The molecule has 0 bridgehead atoms. The Balaban J connectivity index is 1.40. The summed E-state index contributed by atoms with van der Waals surface area (Å²) >= 11 is 1.41. The highest BCUT2D eigenvalue weighted by Crippen LogP contribution is 2.12. The summed E-state index contributed by atoms with van der Waals surface area (Å²) < 4.78 is 1.82. The molecule has 0 unspecified atom stereocenters. The number of aromatic nitrogens is 2. The second kappa shape index (κ2) is 8.39. The number of thiophene rings is 1. The van der Waals surface area contributed by atoms with Crippen LogP contribution in [0.2, 0.25) is 0 Å². The topological polar surface area (TPSA) is 64.0 Å². The van der Waals surface area contributed by atoms with E-state index in [1.807, 2.05) is 58.7 Å². The first-order valence-corrected chi connectivity index (χ1v) is 9.04. The van der Waals surface area contributed by atoms with Crippen LogP contribution in [0, 0.1) is 0 Å². The third-order valence-electron chi connectivity index (χ3n) is 3.74. The van der Waals surface area contributed by atoms with Crippen molar-refractivity contribution in [3.05, 3.63) is 70.7 Å². The summed E-state index contributed by atoms with van der Waals surface area (Å²) in [7, 11) is 0. The molecule has 3 rings (SSSR count). The summed E-state index contributed by atoms with van der Waals surface area (Å²) in [6, 6.07) is 15.4. The Morgan fingerprint density at radius 1 is 1.04 bits per heavy atom. The van der Waals surface area contributed by atoms with Gasteiger partial charge in [0.15, 0.2) is 5.78 Å². The first kappa shape index (κ1) is 17.1. The fraction of sp³-hybridized carbons (Fsp3) is 0.211. The number of amides is 1. The predicted molar refractivity (Wildman–Crippen MR) is 98.2 cm³/mol. The minimum absolute atomic E-state index is 0.0201. The normalized spacial score (nSPS) is 10.6. The maximum Gasteiger partial charge on any atom is 0.220 e. The van der Waals surface area contributed by atoms with Crippen LogP contribution >= 0.6 is 11.3 Å². The van der Waals surface area contributed by atoms with Crippen molar-refractivity contribution in [1.29, 1.82) is 0 Å². The average Bonchev–Trinajstić information content (AvgIpc) is 3.32. The standard InChI is InChI=1S/C19H19N3O2S/c23-17(18-7-4-14-25-18)8-9-19(24)20-12-10-15-11-13-22(21-15)16-5-2-1-3-6-16/h1-7,11,13-14H,8-10,12H2,(H,20,24). The van der Waals surface area contributed by atoms with Crippen molar-refractivity contribution >= 4 is 23.0 Å². The SMILES string of the molecule is O=C(CCC(=O)c1cccs1)NCCc1ccn(-c2ccccc2)n1. The van der Waals surface area contributed by atoms with Crippen molar-refractivity contribution in [3.8, 4) is 5.69 Å². The van der Waals surface area contributed by atoms with E-state index in [4.69, 9.17) is 0 Å². The van der Waals surface area contributed by atoms with E-state index in [-0.39, 0.29) is 24.5 Å². The maximum absolute atomic E-state index is 11.9. The molecule has 0 saturated carbocycles. The molecular formula is C19H19N3O2S. The van der Waals surface area contributed by atoms with Gasteiger partial charge in [0.25, 0.3) is 0 Å². The molecule has 6 heteroatoms. The summed E-state index contributed by atoms with van der Waals surface area (Å²) in [6.45, 7) is 0.512. The van der Waals surface area contributed by atoms with Gasteiger partial charge < -0.3 is 5.32 Å². The Bertz CT molecular complexity index is 825. The van der Waals surface area contributed by atoms with Gasteiger partial charge in [-0.05, 0) is 29.6 Å². The highest BCUT2D eigenvalue weighted by atomic mass is 32.1. The lowest BCUT2D eigenvalue weighted by atomic mass is 10.2. The molecule has 0 aliphatic heterocycles. The molecule has 25 heavy (non-hydrogen) atoms. The van der Waals surface area contributed by atoms with Crippen molar-refractivity contribution in [2.24, 2.45) is 0 Å². The van der Waals surface area contributed by atoms with Gasteiger partial charge in [-0.1, -0.05) is 24.3 Å². The van der Waals surface area contributed by atoms with Gasteiger partial charge in [0.2, 0.25) is 5.91 Å². The van der Waals surface area contributed by atoms with Crippen LogP contribution in [0.3, 0.4) is 0 Å². The van der Waals surface area contributed by atoms with E-state index in [0.717, 1.165) is 11.4 Å². The van der Waals surface area contributed by atoms with Crippen molar-refractivity contribution in [3.63, 3.8) is 0 Å².